The van der Waals surface area contributed by atoms with Gasteiger partial charge in [-0.15, -0.1) is 0 Å². The summed E-state index contributed by atoms with van der Waals surface area (Å²) in [6.07, 6.45) is -1.06. The molecule has 0 aromatic heterocycles. The van der Waals surface area contributed by atoms with Crippen LogP contribution >= 0.6 is 0 Å². The van der Waals surface area contributed by atoms with E-state index >= 15 is 0 Å². The van der Waals surface area contributed by atoms with Gasteiger partial charge in [0.1, 0.15) is 0 Å². The molecule has 2 N–H and O–H groups in total. The highest BCUT2D eigenvalue weighted by Crippen LogP contribution is 2.20. The Morgan fingerprint density at radius 2 is 2.00 bits per heavy atom. The van der Waals surface area contributed by atoms with Gasteiger partial charge in [-0.25, -0.2) is 0 Å². The topological polar surface area (TPSA) is 89.2 Å². The van der Waals surface area contributed by atoms with Crippen LogP contribution in [0.5, 0.6) is 0 Å². The minimum Gasteiger partial charge on any atom is -0.394 e. The van der Waals surface area contributed by atoms with Gasteiger partial charge in [0.2, 0.25) is 0 Å². The van der Waals surface area contributed by atoms with Gasteiger partial charge in [0.05, 0.1) is 18.8 Å². The average molecular weight is 193 g/mol. The molecule has 0 aliphatic carbocycles. The van der Waals surface area contributed by atoms with Crippen LogP contribution in [0.25, 0.3) is 10.4 Å². The Bertz CT molecular complexity index is 322. The van der Waals surface area contributed by atoms with Crippen molar-refractivity contribution >= 4 is 0 Å². The fourth-order valence-corrected chi connectivity index (χ4v) is 1.17. The fourth-order valence-electron chi connectivity index (χ4n) is 1.17. The predicted molar refractivity (Wildman–Crippen MR) is 51.4 cm³/mol. The lowest BCUT2D eigenvalue weighted by atomic mass is 10.0. The third-order valence-electron chi connectivity index (χ3n) is 1.87. The highest BCUT2D eigenvalue weighted by molar-refractivity contribution is 5.20. The zero-order chi connectivity index (χ0) is 10.4. The van der Waals surface area contributed by atoms with Crippen molar-refractivity contribution in [2.24, 2.45) is 5.11 Å². The third-order valence-corrected chi connectivity index (χ3v) is 1.87. The van der Waals surface area contributed by atoms with Crippen LogP contribution < -0.4 is 0 Å². The molecule has 1 aromatic carbocycles. The van der Waals surface area contributed by atoms with Crippen molar-refractivity contribution in [3.05, 3.63) is 46.3 Å². The van der Waals surface area contributed by atoms with Crippen LogP contribution in [0.1, 0.15) is 11.6 Å². The summed E-state index contributed by atoms with van der Waals surface area (Å²) in [6.45, 7) is -0.432. The van der Waals surface area contributed by atoms with Crippen LogP contribution in [-0.4, -0.2) is 22.9 Å². The van der Waals surface area contributed by atoms with Gasteiger partial charge < -0.3 is 10.2 Å². The number of nitrogens with zero attached hydrogens (tertiary/aromatic N) is 3. The molecule has 0 unspecified atom stereocenters. The maximum Gasteiger partial charge on any atom is 0.0907 e. The summed E-state index contributed by atoms with van der Waals surface area (Å²) in [5.41, 5.74) is 8.99. The first-order valence-corrected chi connectivity index (χ1v) is 4.17. The van der Waals surface area contributed by atoms with Crippen LogP contribution in [-0.2, 0) is 0 Å². The van der Waals surface area contributed by atoms with Crippen LogP contribution in [0.15, 0.2) is 35.4 Å². The molecule has 5 heteroatoms. The summed E-state index contributed by atoms with van der Waals surface area (Å²) < 4.78 is 0. The smallest absolute Gasteiger partial charge is 0.0907 e. The molecule has 5 nitrogen and oxygen atoms in total. The molecule has 0 saturated heterocycles. The van der Waals surface area contributed by atoms with Gasteiger partial charge in [-0.3, -0.25) is 0 Å². The zero-order valence-corrected chi connectivity index (χ0v) is 7.48. The second kappa shape index (κ2) is 5.24. The Kier molecular flexibility index (Phi) is 3.94. The van der Waals surface area contributed by atoms with Crippen molar-refractivity contribution in [3.63, 3.8) is 0 Å². The van der Waals surface area contributed by atoms with Crippen LogP contribution in [0.2, 0.25) is 0 Å². The summed E-state index contributed by atoms with van der Waals surface area (Å²) in [7, 11) is 0. The zero-order valence-electron chi connectivity index (χ0n) is 7.48. The van der Waals surface area contributed by atoms with Gasteiger partial charge in [0.15, 0.2) is 0 Å². The molecule has 0 radical (unpaired) electrons. The van der Waals surface area contributed by atoms with Crippen molar-refractivity contribution in [2.45, 2.75) is 12.1 Å². The lowest BCUT2D eigenvalue weighted by Gasteiger charge is -2.15. The molecule has 0 heterocycles. The quantitative estimate of drug-likeness (QED) is 0.430. The number of hydrogen-bond acceptors (Lipinski definition) is 3. The lowest BCUT2D eigenvalue weighted by Crippen LogP contribution is -2.20. The monoisotopic (exact) mass is 193 g/mol. The average Bonchev–Trinajstić information content (AvgIpc) is 2.26. The number of azide groups is 1. The fraction of sp³-hybridized carbons (Fsp3) is 0.333. The number of aliphatic hydroxyl groups excluding tert-OH is 2. The molecule has 74 valence electrons. The minimum atomic E-state index is -1.06. The van der Waals surface area contributed by atoms with Crippen LogP contribution in [0.3, 0.4) is 0 Å². The molecular weight excluding hydrogens is 182 g/mol. The van der Waals surface area contributed by atoms with Crippen molar-refractivity contribution < 1.29 is 10.2 Å². The van der Waals surface area contributed by atoms with E-state index in [1.807, 2.05) is 6.07 Å². The first-order chi connectivity index (χ1) is 6.79. The van der Waals surface area contributed by atoms with Crippen molar-refractivity contribution in [3.8, 4) is 0 Å². The van der Waals surface area contributed by atoms with Gasteiger partial charge in [0, 0.05) is 4.91 Å². The largest absolute Gasteiger partial charge is 0.394 e. The molecule has 0 amide bonds. The van der Waals surface area contributed by atoms with Gasteiger partial charge >= 0.3 is 0 Å². The normalized spacial score (nSPS) is 14.1. The number of aliphatic hydroxyl groups is 2. The molecule has 0 aliphatic heterocycles. The van der Waals surface area contributed by atoms with Crippen molar-refractivity contribution in [1.82, 2.24) is 0 Å². The highest BCUT2D eigenvalue weighted by Gasteiger charge is 2.18. The molecule has 1 aromatic rings. The van der Waals surface area contributed by atoms with Gasteiger partial charge in [0.25, 0.3) is 0 Å². The molecule has 14 heavy (non-hydrogen) atoms. The van der Waals surface area contributed by atoms with E-state index in [0.717, 1.165) is 0 Å². The first kappa shape index (κ1) is 10.5. The predicted octanol–water partition coefficient (Wildman–Crippen LogP) is 1.39. The Morgan fingerprint density at radius 3 is 2.50 bits per heavy atom. The second-order valence-corrected chi connectivity index (χ2v) is 2.81. The number of hydrogen-bond donors (Lipinski definition) is 2. The SMILES string of the molecule is [N-]=[N+]=N[C@@H](c1ccccc1)[C@H](O)CO. The van der Waals surface area contributed by atoms with E-state index in [-0.39, 0.29) is 0 Å². The molecule has 1 rings (SSSR count). The highest BCUT2D eigenvalue weighted by atomic mass is 16.3. The molecule has 0 spiro atoms. The van der Waals surface area contributed by atoms with E-state index in [0.29, 0.717) is 5.56 Å². The van der Waals surface area contributed by atoms with E-state index in [1.165, 1.54) is 0 Å². The summed E-state index contributed by atoms with van der Waals surface area (Å²) in [6, 6.07) is 8.11. The molecule has 0 aliphatic rings. The van der Waals surface area contributed by atoms with Crippen molar-refractivity contribution in [2.75, 3.05) is 6.61 Å². The first-order valence-electron chi connectivity index (χ1n) is 4.17. The van der Waals surface area contributed by atoms with Gasteiger partial charge in [-0.05, 0) is 11.1 Å². The molecular formula is C9H11N3O2. The summed E-state index contributed by atoms with van der Waals surface area (Å²) in [4.78, 5) is 2.64. The standard InChI is InChI=1S/C9H11N3O2/c10-12-11-9(8(14)6-13)7-4-2-1-3-5-7/h1-5,8-9,13-14H,6H2/t8-,9+/m1/s1. The molecule has 2 atom stereocenters. The summed E-state index contributed by atoms with van der Waals surface area (Å²) in [5, 5.41) is 21.6. The Labute approximate surface area is 81.2 Å². The van der Waals surface area contributed by atoms with Gasteiger partial charge in [-0.2, -0.15) is 0 Å². The van der Waals surface area contributed by atoms with E-state index < -0.39 is 18.8 Å². The maximum atomic E-state index is 9.39. The van der Waals surface area contributed by atoms with Gasteiger partial charge in [-0.1, -0.05) is 35.4 Å². The van der Waals surface area contributed by atoms with Crippen LogP contribution in [0.4, 0.5) is 0 Å². The third kappa shape index (κ3) is 2.47. The van der Waals surface area contributed by atoms with E-state index in [2.05, 4.69) is 10.0 Å². The Balaban J connectivity index is 2.94. The van der Waals surface area contributed by atoms with Crippen molar-refractivity contribution in [1.29, 1.82) is 0 Å². The molecule has 0 saturated carbocycles. The molecule has 0 fully saturated rings. The summed E-state index contributed by atoms with van der Waals surface area (Å²) >= 11 is 0. The van der Waals surface area contributed by atoms with E-state index in [1.54, 1.807) is 24.3 Å². The van der Waals surface area contributed by atoms with Crippen LogP contribution in [0, 0.1) is 0 Å². The Morgan fingerprint density at radius 1 is 1.36 bits per heavy atom. The van der Waals surface area contributed by atoms with E-state index in [9.17, 15) is 5.11 Å². The lowest BCUT2D eigenvalue weighted by molar-refractivity contribution is 0.0742. The molecule has 0 bridgehead atoms. The maximum absolute atomic E-state index is 9.39. The van der Waals surface area contributed by atoms with E-state index in [4.69, 9.17) is 10.6 Å². The minimum absolute atomic E-state index is 0.432. The summed E-state index contributed by atoms with van der Waals surface area (Å²) in [5.74, 6) is 0. The number of rotatable bonds is 4. The second-order valence-electron chi connectivity index (χ2n) is 2.81. The number of benzene rings is 1. The Hall–Kier alpha value is -1.55.